The van der Waals surface area contributed by atoms with E-state index in [1.165, 1.54) is 10.0 Å². The first-order chi connectivity index (χ1) is 6.27. The van der Waals surface area contributed by atoms with E-state index in [9.17, 15) is 5.21 Å². The number of aryl methyl sites for hydroxylation is 1. The molecule has 0 fully saturated rings. The van der Waals surface area contributed by atoms with Gasteiger partial charge in [-0.1, -0.05) is 0 Å². The van der Waals surface area contributed by atoms with Crippen LogP contribution in [-0.4, -0.2) is 14.7 Å². The van der Waals surface area contributed by atoms with Gasteiger partial charge < -0.3 is 0 Å². The van der Waals surface area contributed by atoms with Crippen LogP contribution in [0.3, 0.4) is 0 Å². The van der Waals surface area contributed by atoms with Gasteiger partial charge in [-0.05, 0) is 0 Å². The van der Waals surface area contributed by atoms with Crippen LogP contribution in [0.2, 0.25) is 0 Å². The van der Waals surface area contributed by atoms with Crippen LogP contribution in [0.4, 0.5) is 0 Å². The van der Waals surface area contributed by atoms with Gasteiger partial charge in [0, 0.05) is 0 Å². The molecular formula is C10H9NOSe. The second-order valence-electron chi connectivity index (χ2n) is 2.86. The Labute approximate surface area is 83.0 Å². The molecule has 2 nitrogen and oxygen atoms in total. The molecule has 0 radical (unpaired) electrons. The molecule has 0 aliphatic rings. The molecule has 0 aliphatic heterocycles. The van der Waals surface area contributed by atoms with Gasteiger partial charge in [-0.2, -0.15) is 0 Å². The molecule has 1 aromatic carbocycles. The van der Waals surface area contributed by atoms with Crippen LogP contribution in [0.15, 0.2) is 36.4 Å². The Kier molecular flexibility index (Phi) is 2.21. The molecule has 0 unspecified atom stereocenters. The number of hydrogen-bond donors (Lipinski definition) is 0. The van der Waals surface area contributed by atoms with Gasteiger partial charge in [-0.25, -0.2) is 0 Å². The van der Waals surface area contributed by atoms with Crippen molar-refractivity contribution in [3.8, 4) is 10.0 Å². The van der Waals surface area contributed by atoms with Gasteiger partial charge in [0.1, 0.15) is 0 Å². The normalized spacial score (nSPS) is 10.2. The average molecular weight is 238 g/mol. The summed E-state index contributed by atoms with van der Waals surface area (Å²) in [6.07, 6.45) is 0. The van der Waals surface area contributed by atoms with Gasteiger partial charge in [0.05, 0.1) is 0 Å². The molecule has 1 heterocycles. The summed E-state index contributed by atoms with van der Waals surface area (Å²) in [6, 6.07) is 12.0. The summed E-state index contributed by atoms with van der Waals surface area (Å²) >= 11 is -0.0779. The number of rotatable bonds is 1. The van der Waals surface area contributed by atoms with E-state index in [0.29, 0.717) is 0 Å². The summed E-state index contributed by atoms with van der Waals surface area (Å²) in [4.78, 5) is 0. The Morgan fingerprint density at radius 1 is 1.23 bits per heavy atom. The van der Waals surface area contributed by atoms with Gasteiger partial charge in [-0.15, -0.1) is 0 Å². The molecule has 0 amide bonds. The van der Waals surface area contributed by atoms with Crippen LogP contribution in [0.1, 0.15) is 5.69 Å². The number of aromatic nitrogens is 1. The molecule has 0 bridgehead atoms. The second-order valence-corrected chi connectivity index (χ2v) is 4.87. The van der Waals surface area contributed by atoms with E-state index in [1.807, 2.05) is 43.3 Å². The van der Waals surface area contributed by atoms with Crippen LogP contribution >= 0.6 is 0 Å². The van der Waals surface area contributed by atoms with Crippen molar-refractivity contribution in [2.24, 2.45) is 0 Å². The van der Waals surface area contributed by atoms with Crippen molar-refractivity contribution < 1.29 is 3.73 Å². The fourth-order valence-corrected chi connectivity index (χ4v) is 2.93. The molecule has 0 saturated carbocycles. The zero-order valence-corrected chi connectivity index (χ0v) is 8.94. The van der Waals surface area contributed by atoms with Gasteiger partial charge >= 0.3 is 82.7 Å². The van der Waals surface area contributed by atoms with E-state index in [0.717, 1.165) is 9.42 Å². The molecular weight excluding hydrogens is 229 g/mol. The molecule has 1 aromatic heterocycles. The van der Waals surface area contributed by atoms with E-state index in [1.54, 1.807) is 0 Å². The van der Waals surface area contributed by atoms with Gasteiger partial charge in [0.25, 0.3) is 0 Å². The molecule has 3 heteroatoms. The maximum atomic E-state index is 11.2. The molecule has 0 saturated heterocycles. The van der Waals surface area contributed by atoms with Crippen LogP contribution in [0.5, 0.6) is 0 Å². The van der Waals surface area contributed by atoms with Crippen molar-refractivity contribution in [2.45, 2.75) is 6.92 Å². The summed E-state index contributed by atoms with van der Waals surface area (Å²) in [5, 5.41) is 11.2. The van der Waals surface area contributed by atoms with Crippen LogP contribution < -0.4 is 3.73 Å². The fourth-order valence-electron chi connectivity index (χ4n) is 1.17. The van der Waals surface area contributed by atoms with E-state index < -0.39 is 0 Å². The number of benzene rings is 1. The van der Waals surface area contributed by atoms with Crippen molar-refractivity contribution >= 4 is 14.7 Å². The quantitative estimate of drug-likeness (QED) is 0.544. The molecule has 0 N–H and O–H groups in total. The maximum absolute atomic E-state index is 11.2. The molecule has 66 valence electrons. The zero-order valence-electron chi connectivity index (χ0n) is 7.23. The number of nitrogens with zero attached hydrogens (tertiary/aromatic N) is 1. The van der Waals surface area contributed by atoms with Crippen LogP contribution in [-0.2, 0) is 0 Å². The third kappa shape index (κ3) is 1.67. The van der Waals surface area contributed by atoms with Crippen molar-refractivity contribution in [3.05, 3.63) is 47.3 Å². The SMILES string of the molecule is Cc1cc(-c2ccccc2)[se][n+]1[O-]. The third-order valence-corrected chi connectivity index (χ3v) is 3.97. The van der Waals surface area contributed by atoms with Gasteiger partial charge in [0.15, 0.2) is 0 Å². The molecule has 0 atom stereocenters. The van der Waals surface area contributed by atoms with Crippen molar-refractivity contribution in [3.63, 3.8) is 0 Å². The van der Waals surface area contributed by atoms with Crippen LogP contribution in [0.25, 0.3) is 10.0 Å². The van der Waals surface area contributed by atoms with Gasteiger partial charge in [-0.3, -0.25) is 0 Å². The van der Waals surface area contributed by atoms with Crippen molar-refractivity contribution in [1.82, 2.24) is 0 Å². The predicted octanol–water partition coefficient (Wildman–Crippen LogP) is 1.35. The van der Waals surface area contributed by atoms with E-state index >= 15 is 0 Å². The Balaban J connectivity index is 2.48. The van der Waals surface area contributed by atoms with Crippen LogP contribution in [0, 0.1) is 12.1 Å². The topological polar surface area (TPSA) is 26.9 Å². The Bertz CT molecular complexity index is 389. The van der Waals surface area contributed by atoms with Crippen molar-refractivity contribution in [2.75, 3.05) is 0 Å². The predicted molar refractivity (Wildman–Crippen MR) is 52.5 cm³/mol. The van der Waals surface area contributed by atoms with Gasteiger partial charge in [0.2, 0.25) is 0 Å². The average Bonchev–Trinajstić information content (AvgIpc) is 2.49. The zero-order chi connectivity index (χ0) is 9.26. The fraction of sp³-hybridized carbons (Fsp3) is 0.100. The summed E-state index contributed by atoms with van der Waals surface area (Å²) in [5.74, 6) is 0. The summed E-state index contributed by atoms with van der Waals surface area (Å²) < 4.78 is 2.25. The van der Waals surface area contributed by atoms with E-state index in [-0.39, 0.29) is 14.7 Å². The Morgan fingerprint density at radius 2 is 1.92 bits per heavy atom. The molecule has 2 aromatic rings. The summed E-state index contributed by atoms with van der Waals surface area (Å²) in [6.45, 7) is 1.85. The molecule has 0 aliphatic carbocycles. The van der Waals surface area contributed by atoms with Crippen molar-refractivity contribution in [1.29, 1.82) is 0 Å². The first-order valence-corrected chi connectivity index (χ1v) is 5.65. The minimum atomic E-state index is -0.0779. The number of hydrogen-bond acceptors (Lipinski definition) is 1. The first-order valence-electron chi connectivity index (χ1n) is 4.03. The monoisotopic (exact) mass is 239 g/mol. The Morgan fingerprint density at radius 3 is 2.46 bits per heavy atom. The molecule has 2 rings (SSSR count). The molecule has 13 heavy (non-hydrogen) atoms. The van der Waals surface area contributed by atoms with E-state index in [4.69, 9.17) is 0 Å². The van der Waals surface area contributed by atoms with E-state index in [2.05, 4.69) is 0 Å². The first kappa shape index (κ1) is 8.54. The minimum absolute atomic E-state index is 0.0779. The summed E-state index contributed by atoms with van der Waals surface area (Å²) in [5.41, 5.74) is 1.99. The Hall–Kier alpha value is -1.05. The summed E-state index contributed by atoms with van der Waals surface area (Å²) in [7, 11) is 0. The molecule has 0 spiro atoms. The second kappa shape index (κ2) is 3.36. The standard InChI is InChI=1S/C10H9NOSe/c1-8-7-10(13-11(8)12)9-5-3-2-4-6-9/h2-7H,1H3. The third-order valence-electron chi connectivity index (χ3n) is 1.87.